The van der Waals surface area contributed by atoms with Gasteiger partial charge in [-0.25, -0.2) is 0 Å². The molecule has 57 heavy (non-hydrogen) atoms. The van der Waals surface area contributed by atoms with Crippen molar-refractivity contribution in [2.75, 3.05) is 0 Å². The molecule has 0 fully saturated rings. The summed E-state index contributed by atoms with van der Waals surface area (Å²) in [4.78, 5) is 0. The summed E-state index contributed by atoms with van der Waals surface area (Å²) in [6.07, 6.45) is 0. The van der Waals surface area contributed by atoms with E-state index in [0.717, 1.165) is 11.4 Å². The van der Waals surface area contributed by atoms with E-state index in [1.807, 2.05) is 0 Å². The number of nitrogens with zero attached hydrogens (tertiary/aromatic N) is 2. The molecule has 11 rings (SSSR count). The van der Waals surface area contributed by atoms with E-state index in [0.29, 0.717) is 0 Å². The van der Waals surface area contributed by atoms with Gasteiger partial charge < -0.3 is 9.13 Å². The van der Waals surface area contributed by atoms with Crippen LogP contribution in [-0.2, 0) is 0 Å². The first-order chi connectivity index (χ1) is 28.3. The van der Waals surface area contributed by atoms with Gasteiger partial charge in [0.15, 0.2) is 8.07 Å². The van der Waals surface area contributed by atoms with Gasteiger partial charge >= 0.3 is 0 Å². The summed E-state index contributed by atoms with van der Waals surface area (Å²) in [7, 11) is -2.76. The van der Waals surface area contributed by atoms with Crippen LogP contribution in [0.3, 0.4) is 0 Å². The molecule has 11 aromatic rings. The Morgan fingerprint density at radius 3 is 1.35 bits per heavy atom. The smallest absolute Gasteiger partial charge is 0.179 e. The highest BCUT2D eigenvalue weighted by Crippen LogP contribution is 2.38. The van der Waals surface area contributed by atoms with Gasteiger partial charge in [0.25, 0.3) is 0 Å². The Morgan fingerprint density at radius 1 is 0.246 bits per heavy atom. The van der Waals surface area contributed by atoms with Crippen LogP contribution >= 0.6 is 0 Å². The number of rotatable bonds is 7. The Balaban J connectivity index is 1.21. The molecular weight excluding hydrogens is 705 g/mol. The third-order valence-corrected chi connectivity index (χ3v) is 16.6. The second-order valence-electron chi connectivity index (χ2n) is 14.9. The Morgan fingerprint density at radius 2 is 0.719 bits per heavy atom. The van der Waals surface area contributed by atoms with E-state index < -0.39 is 8.07 Å². The molecule has 0 spiro atoms. The molecule has 2 heterocycles. The Hall–Kier alpha value is -7.20. The fourth-order valence-corrected chi connectivity index (χ4v) is 14.1. The third-order valence-electron chi connectivity index (χ3n) is 11.9. The van der Waals surface area contributed by atoms with Gasteiger partial charge in [0.2, 0.25) is 0 Å². The van der Waals surface area contributed by atoms with Gasteiger partial charge in [-0.3, -0.25) is 0 Å². The predicted molar refractivity (Wildman–Crippen MR) is 244 cm³/mol. The third kappa shape index (κ3) is 5.24. The number of benzene rings is 9. The van der Waals surface area contributed by atoms with Crippen molar-refractivity contribution in [1.82, 2.24) is 9.13 Å². The molecule has 268 valence electrons. The molecular formula is C54H38N2Si. The van der Waals surface area contributed by atoms with Crippen LogP contribution in [0.5, 0.6) is 0 Å². The number of hydrogen-bond acceptors (Lipinski definition) is 0. The van der Waals surface area contributed by atoms with Crippen molar-refractivity contribution in [3.8, 4) is 22.5 Å². The molecule has 0 saturated carbocycles. The van der Waals surface area contributed by atoms with Crippen molar-refractivity contribution < 1.29 is 0 Å². The zero-order valence-electron chi connectivity index (χ0n) is 31.3. The number of aromatic nitrogens is 2. The minimum Gasteiger partial charge on any atom is -0.309 e. The standard InChI is InChI=1S/C54H38N2Si/c1-6-18-39(19-7-1)40-30-34-52-49(36-40)50-37-42(31-35-53(50)55(52)41-20-8-2-9-21-41)56-51-29-17-16-28-47(51)48-33-32-46(38-54(48)56)57(43-22-10-3-11-23-43,44-24-12-4-13-25-44)45-26-14-5-15-27-45/h1-38H. The topological polar surface area (TPSA) is 9.86 Å². The Bertz CT molecular complexity index is 3110. The Kier molecular flexibility index (Phi) is 7.87. The van der Waals surface area contributed by atoms with Crippen LogP contribution in [0.15, 0.2) is 231 Å². The molecule has 0 aliphatic heterocycles. The normalized spacial score (nSPS) is 11.9. The van der Waals surface area contributed by atoms with E-state index in [4.69, 9.17) is 0 Å². The molecule has 9 aromatic carbocycles. The molecule has 0 amide bonds. The highest BCUT2D eigenvalue weighted by atomic mass is 28.3. The highest BCUT2D eigenvalue weighted by molar-refractivity contribution is 7.20. The van der Waals surface area contributed by atoms with Crippen molar-refractivity contribution in [2.24, 2.45) is 0 Å². The minimum absolute atomic E-state index is 1.15. The second-order valence-corrected chi connectivity index (χ2v) is 18.7. The summed E-state index contributed by atoms with van der Waals surface area (Å²) in [5.74, 6) is 0. The lowest BCUT2D eigenvalue weighted by Crippen LogP contribution is -2.74. The summed E-state index contributed by atoms with van der Waals surface area (Å²) in [6.45, 7) is 0. The number of para-hydroxylation sites is 2. The largest absolute Gasteiger partial charge is 0.309 e. The maximum atomic E-state index is 2.51. The van der Waals surface area contributed by atoms with Gasteiger partial charge in [-0.2, -0.15) is 0 Å². The first kappa shape index (κ1) is 33.2. The molecule has 0 unspecified atom stereocenters. The van der Waals surface area contributed by atoms with Crippen LogP contribution in [-0.4, -0.2) is 17.2 Å². The molecule has 0 saturated heterocycles. The second kappa shape index (κ2) is 13.5. The van der Waals surface area contributed by atoms with Crippen molar-refractivity contribution in [3.05, 3.63) is 231 Å². The summed E-state index contributed by atoms with van der Waals surface area (Å²) in [5, 5.41) is 10.4. The van der Waals surface area contributed by atoms with Crippen LogP contribution in [0.25, 0.3) is 66.1 Å². The van der Waals surface area contributed by atoms with E-state index in [2.05, 4.69) is 240 Å². The van der Waals surface area contributed by atoms with Crippen LogP contribution < -0.4 is 20.7 Å². The average Bonchev–Trinajstić information content (AvgIpc) is 3.80. The predicted octanol–water partition coefficient (Wildman–Crippen LogP) is 10.9. The molecule has 0 aliphatic rings. The van der Waals surface area contributed by atoms with Crippen molar-refractivity contribution in [3.63, 3.8) is 0 Å². The zero-order chi connectivity index (χ0) is 37.8. The lowest BCUT2D eigenvalue weighted by atomic mass is 10.0. The van der Waals surface area contributed by atoms with Gasteiger partial charge in [-0.15, -0.1) is 0 Å². The average molecular weight is 743 g/mol. The van der Waals surface area contributed by atoms with Gasteiger partial charge in [0, 0.05) is 32.9 Å². The molecule has 0 radical (unpaired) electrons. The first-order valence-corrected chi connectivity index (χ1v) is 21.7. The molecule has 2 nitrogen and oxygen atoms in total. The molecule has 0 N–H and O–H groups in total. The first-order valence-electron chi connectivity index (χ1n) is 19.7. The molecule has 2 aromatic heterocycles. The molecule has 0 atom stereocenters. The van der Waals surface area contributed by atoms with Gasteiger partial charge in [0.05, 0.1) is 22.1 Å². The number of hydrogen-bond donors (Lipinski definition) is 0. The van der Waals surface area contributed by atoms with Crippen molar-refractivity contribution in [2.45, 2.75) is 0 Å². The van der Waals surface area contributed by atoms with Crippen molar-refractivity contribution in [1.29, 1.82) is 0 Å². The highest BCUT2D eigenvalue weighted by Gasteiger charge is 2.41. The fraction of sp³-hybridized carbons (Fsp3) is 0. The van der Waals surface area contributed by atoms with Crippen molar-refractivity contribution >= 4 is 72.4 Å². The maximum absolute atomic E-state index is 2.76. The molecule has 0 aliphatic carbocycles. The SMILES string of the molecule is c1ccc(-c2ccc3c(c2)c2cc(-n4c5ccccc5c5ccc([Si](c6ccccc6)(c6ccccc6)c6ccccc6)cc54)ccc2n3-c2ccccc2)cc1. The Labute approximate surface area is 333 Å². The lowest BCUT2D eigenvalue weighted by molar-refractivity contribution is 1.17. The fourth-order valence-electron chi connectivity index (χ4n) is 9.36. The summed E-state index contributed by atoms with van der Waals surface area (Å²) in [6, 6.07) is 85.2. The summed E-state index contributed by atoms with van der Waals surface area (Å²) < 4.78 is 4.91. The quantitative estimate of drug-likeness (QED) is 0.114. The van der Waals surface area contributed by atoms with E-state index in [1.165, 1.54) is 75.5 Å². The zero-order valence-corrected chi connectivity index (χ0v) is 32.3. The van der Waals surface area contributed by atoms with E-state index in [1.54, 1.807) is 0 Å². The van der Waals surface area contributed by atoms with Crippen LogP contribution in [0.1, 0.15) is 0 Å². The van der Waals surface area contributed by atoms with E-state index in [-0.39, 0.29) is 0 Å². The molecule has 3 heteroatoms. The van der Waals surface area contributed by atoms with Crippen LogP contribution in [0.2, 0.25) is 0 Å². The van der Waals surface area contributed by atoms with Gasteiger partial charge in [-0.05, 0) is 86.5 Å². The molecule has 0 bridgehead atoms. The number of fused-ring (bicyclic) bond motifs is 6. The summed E-state index contributed by atoms with van der Waals surface area (Å²) in [5.41, 5.74) is 9.53. The maximum Gasteiger partial charge on any atom is 0.179 e. The minimum atomic E-state index is -2.76. The lowest BCUT2D eigenvalue weighted by Gasteiger charge is -2.34. The van der Waals surface area contributed by atoms with Gasteiger partial charge in [0.1, 0.15) is 0 Å². The van der Waals surface area contributed by atoms with Crippen LogP contribution in [0.4, 0.5) is 0 Å². The van der Waals surface area contributed by atoms with E-state index >= 15 is 0 Å². The summed E-state index contributed by atoms with van der Waals surface area (Å²) >= 11 is 0. The monoisotopic (exact) mass is 742 g/mol. The van der Waals surface area contributed by atoms with Crippen LogP contribution in [0, 0.1) is 0 Å². The van der Waals surface area contributed by atoms with Gasteiger partial charge in [-0.1, -0.05) is 176 Å². The van der Waals surface area contributed by atoms with E-state index in [9.17, 15) is 0 Å².